The zero-order valence-corrected chi connectivity index (χ0v) is 18.8. The third-order valence-electron chi connectivity index (χ3n) is 5.90. The molecule has 5 nitrogen and oxygen atoms in total. The molecule has 0 saturated carbocycles. The van der Waals surface area contributed by atoms with E-state index >= 15 is 0 Å². The van der Waals surface area contributed by atoms with Crippen LogP contribution in [0.5, 0.6) is 5.75 Å². The van der Waals surface area contributed by atoms with Crippen molar-refractivity contribution in [1.82, 2.24) is 4.90 Å². The Labute approximate surface area is 183 Å². The number of nitrogen functional groups attached to an aromatic ring is 1. The molecular weight excluding hydrogens is 395 g/mol. The lowest BCUT2D eigenvalue weighted by molar-refractivity contribution is -0.131. The van der Waals surface area contributed by atoms with Gasteiger partial charge in [-0.15, -0.1) is 0 Å². The Kier molecular flexibility index (Phi) is 6.41. The zero-order valence-electron chi connectivity index (χ0n) is 18.8. The number of ether oxygens (including phenoxy) is 1. The number of carboxylic acids is 1. The van der Waals surface area contributed by atoms with E-state index < -0.39 is 11.6 Å². The lowest BCUT2D eigenvalue weighted by Crippen LogP contribution is -2.48. The van der Waals surface area contributed by atoms with E-state index in [1.807, 2.05) is 37.3 Å². The van der Waals surface area contributed by atoms with Crippen molar-refractivity contribution in [2.24, 2.45) is 0 Å². The van der Waals surface area contributed by atoms with Gasteiger partial charge in [0.15, 0.2) is 0 Å². The molecule has 2 atom stereocenters. The summed E-state index contributed by atoms with van der Waals surface area (Å²) in [6.07, 6.45) is 3.41. The van der Waals surface area contributed by atoms with Crippen LogP contribution in [-0.4, -0.2) is 41.3 Å². The SMILES string of the molecule is COc1cc(/C=C/C(=O)O)ccc1C1c2ccc(N)c(C)c2CC(C)N1CC(C)(C)F. The number of nitrogens with two attached hydrogens (primary N) is 1. The molecule has 1 aliphatic rings. The molecule has 0 fully saturated rings. The Bertz CT molecular complexity index is 1010. The number of fused-ring (bicyclic) bond motifs is 1. The van der Waals surface area contributed by atoms with E-state index in [-0.39, 0.29) is 18.6 Å². The van der Waals surface area contributed by atoms with Crippen LogP contribution in [0.15, 0.2) is 36.4 Å². The molecule has 0 saturated heterocycles. The summed E-state index contributed by atoms with van der Waals surface area (Å²) in [5.74, 6) is -0.378. The number of carbonyl (C=O) groups is 1. The van der Waals surface area contributed by atoms with Crippen LogP contribution in [0.25, 0.3) is 6.08 Å². The maximum Gasteiger partial charge on any atom is 0.328 e. The molecule has 3 rings (SSSR count). The number of rotatable bonds is 6. The van der Waals surface area contributed by atoms with Crippen LogP contribution in [0.3, 0.4) is 0 Å². The number of anilines is 1. The van der Waals surface area contributed by atoms with Crippen LogP contribution in [0.2, 0.25) is 0 Å². The fourth-order valence-corrected chi connectivity index (χ4v) is 4.42. The Morgan fingerprint density at radius 3 is 2.61 bits per heavy atom. The zero-order chi connectivity index (χ0) is 22.9. The summed E-state index contributed by atoms with van der Waals surface area (Å²) in [6.45, 7) is 7.60. The van der Waals surface area contributed by atoms with Crippen LogP contribution in [0, 0.1) is 6.92 Å². The normalized spacial score (nSPS) is 19.4. The van der Waals surface area contributed by atoms with E-state index in [1.54, 1.807) is 21.0 Å². The molecule has 1 heterocycles. The minimum Gasteiger partial charge on any atom is -0.496 e. The topological polar surface area (TPSA) is 75.8 Å². The molecule has 31 heavy (non-hydrogen) atoms. The molecule has 2 aromatic carbocycles. The van der Waals surface area contributed by atoms with E-state index in [1.165, 1.54) is 11.6 Å². The van der Waals surface area contributed by atoms with Gasteiger partial charge >= 0.3 is 5.97 Å². The van der Waals surface area contributed by atoms with Crippen LogP contribution < -0.4 is 10.5 Å². The first kappa shape index (κ1) is 22.8. The second-order valence-corrected chi connectivity index (χ2v) is 8.87. The van der Waals surface area contributed by atoms with Crippen LogP contribution in [0.4, 0.5) is 10.1 Å². The van der Waals surface area contributed by atoms with Crippen molar-refractivity contribution in [3.8, 4) is 5.75 Å². The highest BCUT2D eigenvalue weighted by Crippen LogP contribution is 2.44. The maximum absolute atomic E-state index is 14.8. The van der Waals surface area contributed by atoms with E-state index in [9.17, 15) is 9.18 Å². The Morgan fingerprint density at radius 2 is 2.00 bits per heavy atom. The Balaban J connectivity index is 2.19. The molecule has 1 aliphatic heterocycles. The van der Waals surface area contributed by atoms with Gasteiger partial charge < -0.3 is 15.6 Å². The summed E-state index contributed by atoms with van der Waals surface area (Å²) in [4.78, 5) is 13.1. The number of nitrogens with zero attached hydrogens (tertiary/aromatic N) is 1. The van der Waals surface area contributed by atoms with Crippen molar-refractivity contribution in [2.75, 3.05) is 19.4 Å². The average molecular weight is 427 g/mol. The first-order chi connectivity index (χ1) is 14.5. The molecule has 166 valence electrons. The van der Waals surface area contributed by atoms with Gasteiger partial charge in [-0.25, -0.2) is 9.18 Å². The fraction of sp³-hybridized carbons (Fsp3) is 0.400. The highest BCUT2D eigenvalue weighted by Gasteiger charge is 2.38. The number of alkyl halides is 1. The van der Waals surface area contributed by atoms with E-state index in [4.69, 9.17) is 15.6 Å². The standard InChI is InChI=1S/C25H31FN2O3/c1-15-12-20-16(2)21(27)10-9-18(20)24(28(15)14-25(3,4)26)19-8-6-17(7-11-23(29)30)13-22(19)31-5/h6-11,13,15,24H,12,14,27H2,1-5H3,(H,29,30)/b11-7+. The van der Waals surface area contributed by atoms with Gasteiger partial charge in [-0.2, -0.15) is 0 Å². The van der Waals surface area contributed by atoms with Gasteiger partial charge in [0.1, 0.15) is 11.4 Å². The van der Waals surface area contributed by atoms with E-state index in [0.29, 0.717) is 5.75 Å². The number of hydrogen-bond acceptors (Lipinski definition) is 4. The van der Waals surface area contributed by atoms with Gasteiger partial charge in [-0.05, 0) is 74.6 Å². The second kappa shape index (κ2) is 8.71. The fourth-order valence-electron chi connectivity index (χ4n) is 4.42. The van der Waals surface area contributed by atoms with Gasteiger partial charge in [0.05, 0.1) is 13.2 Å². The average Bonchev–Trinajstić information content (AvgIpc) is 2.69. The molecule has 0 spiro atoms. The van der Waals surface area contributed by atoms with E-state index in [2.05, 4.69) is 11.8 Å². The summed E-state index contributed by atoms with van der Waals surface area (Å²) in [6, 6.07) is 9.45. The molecular formula is C25H31FN2O3. The van der Waals surface area contributed by atoms with Gasteiger partial charge in [0, 0.05) is 29.9 Å². The molecule has 0 radical (unpaired) electrons. The summed E-state index contributed by atoms with van der Waals surface area (Å²) in [7, 11) is 1.59. The van der Waals surface area contributed by atoms with Crippen molar-refractivity contribution in [3.63, 3.8) is 0 Å². The van der Waals surface area contributed by atoms with Crippen LogP contribution in [0.1, 0.15) is 54.6 Å². The number of hydrogen-bond donors (Lipinski definition) is 2. The van der Waals surface area contributed by atoms with Crippen molar-refractivity contribution in [3.05, 3.63) is 64.2 Å². The van der Waals surface area contributed by atoms with Crippen molar-refractivity contribution >= 4 is 17.7 Å². The third kappa shape index (κ3) is 4.90. The van der Waals surface area contributed by atoms with Gasteiger partial charge in [0.2, 0.25) is 0 Å². The monoisotopic (exact) mass is 426 g/mol. The quantitative estimate of drug-likeness (QED) is 0.514. The predicted molar refractivity (Wildman–Crippen MR) is 122 cm³/mol. The molecule has 2 aromatic rings. The Hall–Kier alpha value is -2.86. The number of halogens is 1. The van der Waals surface area contributed by atoms with Crippen molar-refractivity contribution in [2.45, 2.75) is 51.9 Å². The summed E-state index contributed by atoms with van der Waals surface area (Å²) >= 11 is 0. The lowest BCUT2D eigenvalue weighted by Gasteiger charge is -2.45. The molecule has 0 aliphatic carbocycles. The number of carboxylic acid groups (broad SMARTS) is 1. The minimum absolute atomic E-state index is 0.101. The smallest absolute Gasteiger partial charge is 0.328 e. The van der Waals surface area contributed by atoms with Crippen LogP contribution in [-0.2, 0) is 11.2 Å². The minimum atomic E-state index is -1.37. The maximum atomic E-state index is 14.8. The summed E-state index contributed by atoms with van der Waals surface area (Å²) < 4.78 is 20.5. The first-order valence-corrected chi connectivity index (χ1v) is 10.4. The van der Waals surface area contributed by atoms with Crippen LogP contribution >= 0.6 is 0 Å². The summed E-state index contributed by atoms with van der Waals surface area (Å²) in [5, 5.41) is 8.92. The van der Waals surface area contributed by atoms with Gasteiger partial charge in [-0.1, -0.05) is 18.2 Å². The second-order valence-electron chi connectivity index (χ2n) is 8.87. The number of aliphatic carboxylic acids is 1. The molecule has 2 unspecified atom stereocenters. The highest BCUT2D eigenvalue weighted by molar-refractivity contribution is 5.85. The number of methoxy groups -OCH3 is 1. The first-order valence-electron chi connectivity index (χ1n) is 10.4. The van der Waals surface area contributed by atoms with Crippen molar-refractivity contribution in [1.29, 1.82) is 0 Å². The van der Waals surface area contributed by atoms with Crippen molar-refractivity contribution < 1.29 is 19.0 Å². The Morgan fingerprint density at radius 1 is 1.32 bits per heavy atom. The summed E-state index contributed by atoms with van der Waals surface area (Å²) in [5.41, 5.74) is 10.6. The lowest BCUT2D eigenvalue weighted by atomic mass is 9.81. The highest BCUT2D eigenvalue weighted by atomic mass is 19.1. The largest absolute Gasteiger partial charge is 0.496 e. The third-order valence-corrected chi connectivity index (χ3v) is 5.90. The van der Waals surface area contributed by atoms with Gasteiger partial charge in [0.25, 0.3) is 0 Å². The molecule has 0 bridgehead atoms. The molecule has 0 aromatic heterocycles. The molecule has 6 heteroatoms. The number of benzene rings is 2. The predicted octanol–water partition coefficient (Wildman–Crippen LogP) is 4.77. The van der Waals surface area contributed by atoms with Gasteiger partial charge in [-0.3, -0.25) is 4.90 Å². The van der Waals surface area contributed by atoms with E-state index in [0.717, 1.165) is 40.4 Å². The molecule has 0 amide bonds. The molecule has 3 N–H and O–H groups in total.